The molecular weight excluding hydrogens is 395 g/mol. The van der Waals surface area contributed by atoms with Crippen molar-refractivity contribution in [2.45, 2.75) is 24.6 Å². The molecule has 0 unspecified atom stereocenters. The van der Waals surface area contributed by atoms with Crippen molar-refractivity contribution < 1.29 is 22.8 Å². The van der Waals surface area contributed by atoms with Gasteiger partial charge in [-0.2, -0.15) is 0 Å². The monoisotopic (exact) mass is 419 g/mol. The molecule has 3 atom stereocenters. The third-order valence-electron chi connectivity index (χ3n) is 5.30. The van der Waals surface area contributed by atoms with Gasteiger partial charge < -0.3 is 15.5 Å². The predicted molar refractivity (Wildman–Crippen MR) is 107 cm³/mol. The van der Waals surface area contributed by atoms with E-state index in [1.165, 1.54) is 9.80 Å². The molecule has 30 heavy (non-hydrogen) atoms. The molecule has 0 spiro atoms. The van der Waals surface area contributed by atoms with Crippen LogP contribution in [0.5, 0.6) is 0 Å². The second kappa shape index (κ2) is 8.87. The van der Waals surface area contributed by atoms with E-state index in [1.54, 1.807) is 38.4 Å². The minimum Gasteiger partial charge on any atom is -0.348 e. The summed E-state index contributed by atoms with van der Waals surface area (Å²) >= 11 is 0. The van der Waals surface area contributed by atoms with Crippen LogP contribution in [0.4, 0.5) is 13.2 Å². The third-order valence-corrected chi connectivity index (χ3v) is 5.30. The predicted octanol–water partition coefficient (Wildman–Crippen LogP) is 2.70. The van der Waals surface area contributed by atoms with Gasteiger partial charge in [-0.1, -0.05) is 24.3 Å². The smallest absolute Gasteiger partial charge is 0.240 e. The Labute approximate surface area is 173 Å². The van der Waals surface area contributed by atoms with E-state index in [4.69, 9.17) is 5.73 Å². The van der Waals surface area contributed by atoms with E-state index >= 15 is 0 Å². The first kappa shape index (κ1) is 21.8. The lowest BCUT2D eigenvalue weighted by Gasteiger charge is -2.28. The number of likely N-dealkylation sites (tertiary alicyclic amines) is 1. The number of alkyl halides is 1. The summed E-state index contributed by atoms with van der Waals surface area (Å²) in [5.74, 6) is -3.00. The lowest BCUT2D eigenvalue weighted by molar-refractivity contribution is -0.138. The summed E-state index contributed by atoms with van der Waals surface area (Å²) in [7, 11) is 3.10. The van der Waals surface area contributed by atoms with E-state index in [0.717, 1.165) is 18.2 Å². The van der Waals surface area contributed by atoms with E-state index in [9.17, 15) is 22.8 Å². The number of benzene rings is 2. The molecule has 8 heteroatoms. The van der Waals surface area contributed by atoms with Gasteiger partial charge in [0.05, 0.1) is 12.5 Å². The minimum absolute atomic E-state index is 0.0345. The van der Waals surface area contributed by atoms with Gasteiger partial charge in [-0.25, -0.2) is 13.2 Å². The van der Waals surface area contributed by atoms with E-state index in [0.29, 0.717) is 11.1 Å². The molecule has 160 valence electrons. The van der Waals surface area contributed by atoms with Gasteiger partial charge in [-0.3, -0.25) is 9.59 Å². The first-order valence-corrected chi connectivity index (χ1v) is 9.64. The summed E-state index contributed by atoms with van der Waals surface area (Å²) in [6.45, 7) is 0.224. The van der Waals surface area contributed by atoms with Crippen LogP contribution in [-0.2, 0) is 9.59 Å². The van der Waals surface area contributed by atoms with Crippen molar-refractivity contribution in [1.82, 2.24) is 9.80 Å². The highest BCUT2D eigenvalue weighted by molar-refractivity contribution is 5.93. The summed E-state index contributed by atoms with van der Waals surface area (Å²) in [6, 6.07) is 8.21. The Kier molecular flexibility index (Phi) is 6.45. The average molecular weight is 419 g/mol. The van der Waals surface area contributed by atoms with E-state index < -0.39 is 35.7 Å². The van der Waals surface area contributed by atoms with Crippen molar-refractivity contribution in [2.75, 3.05) is 27.2 Å². The highest BCUT2D eigenvalue weighted by atomic mass is 19.1. The molecule has 1 saturated heterocycles. The molecule has 1 heterocycles. The Bertz CT molecular complexity index is 934. The highest BCUT2D eigenvalue weighted by Crippen LogP contribution is 2.28. The van der Waals surface area contributed by atoms with Gasteiger partial charge in [0.2, 0.25) is 11.8 Å². The molecule has 1 aliphatic rings. The number of rotatable bonds is 5. The number of carbonyl (C=O) groups is 2. The maximum atomic E-state index is 14.1. The Balaban J connectivity index is 1.91. The van der Waals surface area contributed by atoms with Crippen molar-refractivity contribution in [2.24, 2.45) is 5.73 Å². The molecule has 1 fully saturated rings. The van der Waals surface area contributed by atoms with Crippen molar-refractivity contribution in [1.29, 1.82) is 0 Å². The standard InChI is InChI=1S/C22H24F3N3O2/c1-27(2)21(29)19(20(26)22(30)28-10-9-16(24)12-28)14-5-3-13(4-6-14)17-11-15(23)7-8-18(17)25/h3-8,11,16,19-20H,9-10,12,26H2,1-2H3/t16-,19-,20-/m0/s1. The minimum atomic E-state index is -1.19. The van der Waals surface area contributed by atoms with Crippen molar-refractivity contribution >= 4 is 11.8 Å². The maximum absolute atomic E-state index is 14.1. The van der Waals surface area contributed by atoms with Gasteiger partial charge in [0.15, 0.2) is 0 Å². The molecule has 5 nitrogen and oxygen atoms in total. The zero-order chi connectivity index (χ0) is 22.0. The molecule has 0 radical (unpaired) electrons. The molecule has 2 aromatic carbocycles. The Hall–Kier alpha value is -2.87. The Morgan fingerprint density at radius 1 is 1.13 bits per heavy atom. The number of nitrogens with two attached hydrogens (primary N) is 1. The van der Waals surface area contributed by atoms with E-state index in [-0.39, 0.29) is 31.0 Å². The zero-order valence-electron chi connectivity index (χ0n) is 16.8. The second-order valence-corrected chi connectivity index (χ2v) is 7.65. The van der Waals surface area contributed by atoms with Gasteiger partial charge in [0.25, 0.3) is 0 Å². The molecule has 2 N–H and O–H groups in total. The van der Waals surface area contributed by atoms with Gasteiger partial charge in [-0.15, -0.1) is 0 Å². The van der Waals surface area contributed by atoms with Crippen molar-refractivity contribution in [3.8, 4) is 11.1 Å². The normalized spacial score (nSPS) is 18.2. The van der Waals surface area contributed by atoms with Crippen LogP contribution in [-0.4, -0.2) is 61.0 Å². The molecule has 2 aromatic rings. The van der Waals surface area contributed by atoms with Gasteiger partial charge in [0, 0.05) is 26.2 Å². The van der Waals surface area contributed by atoms with Gasteiger partial charge in [0.1, 0.15) is 23.8 Å². The number of amides is 2. The lowest BCUT2D eigenvalue weighted by atomic mass is 9.88. The van der Waals surface area contributed by atoms with Crippen LogP contribution in [0, 0.1) is 11.6 Å². The number of hydrogen-bond acceptors (Lipinski definition) is 3. The highest BCUT2D eigenvalue weighted by Gasteiger charge is 2.37. The van der Waals surface area contributed by atoms with Crippen molar-refractivity contribution in [3.63, 3.8) is 0 Å². The number of nitrogens with zero attached hydrogens (tertiary/aromatic N) is 2. The van der Waals surface area contributed by atoms with Crippen LogP contribution < -0.4 is 5.73 Å². The molecule has 2 amide bonds. The third kappa shape index (κ3) is 4.48. The maximum Gasteiger partial charge on any atom is 0.240 e. The lowest BCUT2D eigenvalue weighted by Crippen LogP contribution is -2.50. The molecule has 0 bridgehead atoms. The average Bonchev–Trinajstić information content (AvgIpc) is 3.16. The summed E-state index contributed by atoms with van der Waals surface area (Å²) in [4.78, 5) is 28.3. The van der Waals surface area contributed by atoms with Crippen molar-refractivity contribution in [3.05, 3.63) is 59.7 Å². The van der Waals surface area contributed by atoms with E-state index in [2.05, 4.69) is 0 Å². The quantitative estimate of drug-likeness (QED) is 0.811. The first-order valence-electron chi connectivity index (χ1n) is 9.64. The SMILES string of the molecule is CN(C)C(=O)[C@@H](c1ccc(-c2cc(F)ccc2F)cc1)[C@H](N)C(=O)N1CC[C@H](F)C1. The number of likely N-dealkylation sites (N-methyl/N-ethyl adjacent to an activating group) is 1. The largest absolute Gasteiger partial charge is 0.348 e. The van der Waals surface area contributed by atoms with Crippen LogP contribution in [0.15, 0.2) is 42.5 Å². The molecule has 1 aliphatic heterocycles. The molecule has 0 aliphatic carbocycles. The topological polar surface area (TPSA) is 66.6 Å². The van der Waals surface area contributed by atoms with E-state index in [1.807, 2.05) is 0 Å². The molecule has 0 saturated carbocycles. The number of carbonyl (C=O) groups excluding carboxylic acids is 2. The summed E-state index contributed by atoms with van der Waals surface area (Å²) in [6.07, 6.45) is -0.844. The number of halogens is 3. The fraction of sp³-hybridized carbons (Fsp3) is 0.364. The molecular formula is C22H24F3N3O2. The molecule has 0 aromatic heterocycles. The van der Waals surface area contributed by atoms with Crippen LogP contribution in [0.3, 0.4) is 0 Å². The first-order chi connectivity index (χ1) is 14.2. The van der Waals surface area contributed by atoms with Crippen LogP contribution in [0.1, 0.15) is 17.9 Å². The fourth-order valence-electron chi connectivity index (χ4n) is 3.64. The molecule has 3 rings (SSSR count). The zero-order valence-corrected chi connectivity index (χ0v) is 16.8. The fourth-order valence-corrected chi connectivity index (χ4v) is 3.64. The summed E-state index contributed by atoms with van der Waals surface area (Å²) in [5, 5.41) is 0. The van der Waals surface area contributed by atoms with Gasteiger partial charge >= 0.3 is 0 Å². The Morgan fingerprint density at radius 3 is 2.37 bits per heavy atom. The van der Waals surface area contributed by atoms with Gasteiger partial charge in [-0.05, 0) is 35.7 Å². The summed E-state index contributed by atoms with van der Waals surface area (Å²) < 4.78 is 41.1. The Morgan fingerprint density at radius 2 is 1.80 bits per heavy atom. The van der Waals surface area contributed by atoms with Crippen LogP contribution in [0.25, 0.3) is 11.1 Å². The summed E-state index contributed by atoms with van der Waals surface area (Å²) in [5.41, 5.74) is 7.15. The van der Waals surface area contributed by atoms with Crippen LogP contribution >= 0.6 is 0 Å². The number of hydrogen-bond donors (Lipinski definition) is 1. The second-order valence-electron chi connectivity index (χ2n) is 7.65. The van der Waals surface area contributed by atoms with Crippen LogP contribution in [0.2, 0.25) is 0 Å².